The molecule has 0 atom stereocenters. The second-order valence-corrected chi connectivity index (χ2v) is 11.2. The molecule has 0 aromatic carbocycles. The molecule has 3 heteroatoms. The van der Waals surface area contributed by atoms with E-state index in [4.69, 9.17) is 17.7 Å². The van der Waals surface area contributed by atoms with E-state index in [2.05, 4.69) is 19.9 Å². The molecule has 48 valence electrons. The van der Waals surface area contributed by atoms with E-state index < -0.39 is 17.9 Å². The van der Waals surface area contributed by atoms with Crippen LogP contribution in [0.5, 0.6) is 0 Å². The van der Waals surface area contributed by atoms with Crippen LogP contribution in [0.1, 0.15) is 13.8 Å². The standard InChI is InChI=1S/C5H9.2ClH.Sb/c1-4-5(2)3;;;/h4H,1H2,2-3H3;2*1H;/q;;;+2/p-2. The predicted octanol–water partition coefficient (Wildman–Crippen LogP) is 2.92. The van der Waals surface area contributed by atoms with Crippen molar-refractivity contribution in [3.05, 3.63) is 11.6 Å². The molecule has 0 saturated carbocycles. The van der Waals surface area contributed by atoms with E-state index in [1.54, 1.807) is 0 Å². The van der Waals surface area contributed by atoms with E-state index >= 15 is 0 Å². The molecule has 0 rings (SSSR count). The molecule has 8 heavy (non-hydrogen) atoms. The van der Waals surface area contributed by atoms with Crippen LogP contribution in [-0.2, 0) is 0 Å². The number of allylic oxidation sites excluding steroid dienone is 2. The molecule has 0 N–H and O–H groups in total. The van der Waals surface area contributed by atoms with E-state index in [0.717, 1.165) is 4.37 Å². The molecule has 0 radical (unpaired) electrons. The fraction of sp³-hybridized carbons (Fsp3) is 0.600. The Morgan fingerprint density at radius 1 is 1.50 bits per heavy atom. The topological polar surface area (TPSA) is 0 Å². The van der Waals surface area contributed by atoms with Crippen LogP contribution in [0.2, 0.25) is 4.37 Å². The Balaban J connectivity index is 3.29. The van der Waals surface area contributed by atoms with Crippen molar-refractivity contribution in [3.8, 4) is 0 Å². The van der Waals surface area contributed by atoms with Crippen LogP contribution in [0.3, 0.4) is 0 Å². The number of rotatable bonds is 2. The normalized spacial score (nSPS) is 9.62. The Morgan fingerprint density at radius 3 is 2.12 bits per heavy atom. The average Bonchev–Trinajstić information content (AvgIpc) is 1.61. The van der Waals surface area contributed by atoms with Crippen molar-refractivity contribution in [3.63, 3.8) is 0 Å². The molecule has 0 spiro atoms. The van der Waals surface area contributed by atoms with Gasteiger partial charge < -0.3 is 0 Å². The Kier molecular flexibility index (Phi) is 5.67. The van der Waals surface area contributed by atoms with E-state index in [0.29, 0.717) is 0 Å². The Bertz CT molecular complexity index is 84.4. The van der Waals surface area contributed by atoms with Crippen molar-refractivity contribution in [2.75, 3.05) is 0 Å². The van der Waals surface area contributed by atoms with Crippen LogP contribution in [0.25, 0.3) is 0 Å². The number of hydrogen-bond acceptors (Lipinski definition) is 0. The maximum atomic E-state index is 5.63. The summed E-state index contributed by atoms with van der Waals surface area (Å²) in [6, 6.07) is 0. The van der Waals surface area contributed by atoms with Gasteiger partial charge in [-0.1, -0.05) is 0 Å². The summed E-state index contributed by atoms with van der Waals surface area (Å²) in [5.41, 5.74) is 1.31. The van der Waals surface area contributed by atoms with Crippen molar-refractivity contribution in [2.24, 2.45) is 0 Å². The molecule has 0 aliphatic heterocycles. The number of halogens is 2. The molecule has 0 aromatic heterocycles. The van der Waals surface area contributed by atoms with Gasteiger partial charge in [0, 0.05) is 0 Å². The Hall–Kier alpha value is 1.14. The van der Waals surface area contributed by atoms with Crippen molar-refractivity contribution in [1.82, 2.24) is 0 Å². The molecule has 0 fully saturated rings. The van der Waals surface area contributed by atoms with Crippen molar-refractivity contribution >= 4 is 35.6 Å². The van der Waals surface area contributed by atoms with Gasteiger partial charge in [-0.15, -0.1) is 0 Å². The fourth-order valence-electron chi connectivity index (χ4n) is 0.252. The van der Waals surface area contributed by atoms with Gasteiger partial charge in [0.15, 0.2) is 0 Å². The predicted molar refractivity (Wildman–Crippen MR) is 41.7 cm³/mol. The van der Waals surface area contributed by atoms with E-state index in [1.165, 1.54) is 5.57 Å². The second-order valence-electron chi connectivity index (χ2n) is 1.77. The Morgan fingerprint density at radius 2 is 2.00 bits per heavy atom. The van der Waals surface area contributed by atoms with Crippen LogP contribution >= 0.6 is 17.7 Å². The van der Waals surface area contributed by atoms with Gasteiger partial charge in [0.1, 0.15) is 0 Å². The summed E-state index contributed by atoms with van der Waals surface area (Å²) in [5.74, 6) is 0. The molecular formula is C5H9Cl2Sb. The summed E-state index contributed by atoms with van der Waals surface area (Å²) in [4.78, 5) is 0. The third kappa shape index (κ3) is 7.14. The summed E-state index contributed by atoms with van der Waals surface area (Å²) in [5, 5.41) is 0. The minimum absolute atomic E-state index is 0.939. The summed E-state index contributed by atoms with van der Waals surface area (Å²) in [6.45, 7) is 4.11. The molecule has 0 heterocycles. The van der Waals surface area contributed by atoms with Gasteiger partial charge in [-0.2, -0.15) is 0 Å². The number of hydrogen-bond donors (Lipinski definition) is 0. The zero-order valence-electron chi connectivity index (χ0n) is 4.99. The van der Waals surface area contributed by atoms with Gasteiger partial charge in [0.25, 0.3) is 0 Å². The van der Waals surface area contributed by atoms with Gasteiger partial charge >= 0.3 is 65.4 Å². The molecule has 0 aliphatic carbocycles. The van der Waals surface area contributed by atoms with Gasteiger partial charge in [-0.3, -0.25) is 0 Å². The average molecular weight is 262 g/mol. The van der Waals surface area contributed by atoms with E-state index in [-0.39, 0.29) is 0 Å². The van der Waals surface area contributed by atoms with Gasteiger partial charge in [0.05, 0.1) is 0 Å². The molecule has 0 aromatic rings. The van der Waals surface area contributed by atoms with Crippen LogP contribution in [-0.4, -0.2) is 17.9 Å². The second kappa shape index (κ2) is 4.97. The first-order valence-electron chi connectivity index (χ1n) is 2.35. The monoisotopic (exact) mass is 260 g/mol. The summed E-state index contributed by atoms with van der Waals surface area (Å²) >= 11 is -1.71. The third-order valence-corrected chi connectivity index (χ3v) is 3.80. The summed E-state index contributed by atoms with van der Waals surface area (Å²) < 4.78 is 0.939. The SMILES string of the molecule is CC(C)=C[CH2][Sb]([Cl])[Cl]. The van der Waals surface area contributed by atoms with Gasteiger partial charge in [0.2, 0.25) is 0 Å². The van der Waals surface area contributed by atoms with Crippen LogP contribution < -0.4 is 0 Å². The zero-order chi connectivity index (χ0) is 6.57. The molecule has 0 unspecified atom stereocenters. The summed E-state index contributed by atoms with van der Waals surface area (Å²) in [6.07, 6.45) is 2.10. The molecule has 0 aliphatic rings. The third-order valence-electron chi connectivity index (χ3n) is 0.638. The van der Waals surface area contributed by atoms with Crippen LogP contribution in [0, 0.1) is 0 Å². The zero-order valence-corrected chi connectivity index (χ0v) is 9.05. The Labute approximate surface area is 65.2 Å². The van der Waals surface area contributed by atoms with E-state index in [9.17, 15) is 0 Å². The van der Waals surface area contributed by atoms with Crippen LogP contribution in [0.4, 0.5) is 0 Å². The quantitative estimate of drug-likeness (QED) is 0.530. The van der Waals surface area contributed by atoms with Crippen molar-refractivity contribution in [1.29, 1.82) is 0 Å². The molecule has 0 amide bonds. The van der Waals surface area contributed by atoms with Crippen molar-refractivity contribution < 1.29 is 0 Å². The minimum atomic E-state index is -1.71. The van der Waals surface area contributed by atoms with E-state index in [1.807, 2.05) is 0 Å². The van der Waals surface area contributed by atoms with Crippen molar-refractivity contribution in [2.45, 2.75) is 18.2 Å². The van der Waals surface area contributed by atoms with Crippen LogP contribution in [0.15, 0.2) is 11.6 Å². The maximum absolute atomic E-state index is 5.63. The molecule has 0 nitrogen and oxygen atoms in total. The van der Waals surface area contributed by atoms with Gasteiger partial charge in [-0.25, -0.2) is 0 Å². The first-order valence-corrected chi connectivity index (χ1v) is 10.6. The first-order chi connectivity index (χ1) is 3.63. The molecular weight excluding hydrogens is 253 g/mol. The molecule has 0 bridgehead atoms. The first kappa shape index (κ1) is 9.14. The fourth-order valence-corrected chi connectivity index (χ4v) is 2.61. The van der Waals surface area contributed by atoms with Gasteiger partial charge in [-0.05, 0) is 0 Å². The summed E-state index contributed by atoms with van der Waals surface area (Å²) in [7, 11) is 11.3. The molecule has 0 saturated heterocycles.